The van der Waals surface area contributed by atoms with Crippen molar-refractivity contribution in [2.24, 2.45) is 4.99 Å². The standard InChI is InChI=1S/C18H18INO6S/c1-4-13(21)20-17-14(18(24)26-5-2)16(23)12(27-17)8-9-6-10(19)15(22)11(7-9)25-3/h6-8,22-23H,4-5H2,1-3H3/b12-8-,20-17?. The average Bonchev–Trinajstić information content (AvgIpc) is 2.93. The number of aliphatic hydroxyl groups excluding tert-OH is 1. The predicted molar refractivity (Wildman–Crippen MR) is 112 cm³/mol. The van der Waals surface area contributed by atoms with Gasteiger partial charge in [0.15, 0.2) is 11.5 Å². The van der Waals surface area contributed by atoms with Crippen molar-refractivity contribution in [3.63, 3.8) is 0 Å². The number of halogens is 1. The van der Waals surface area contributed by atoms with Gasteiger partial charge in [0, 0.05) is 6.42 Å². The number of carbonyl (C=O) groups is 2. The van der Waals surface area contributed by atoms with Gasteiger partial charge in [0.05, 0.1) is 22.2 Å². The fraction of sp³-hybridized carbons (Fsp3) is 0.278. The number of amides is 1. The summed E-state index contributed by atoms with van der Waals surface area (Å²) >= 11 is 2.96. The predicted octanol–water partition coefficient (Wildman–Crippen LogP) is 3.80. The maximum atomic E-state index is 12.2. The van der Waals surface area contributed by atoms with Gasteiger partial charge in [-0.25, -0.2) is 9.79 Å². The SMILES string of the molecule is CCOC(=O)C1=C(O)/C(=C/c2cc(I)c(O)c(OC)c2)SC1=NC(=O)CC. The summed E-state index contributed by atoms with van der Waals surface area (Å²) in [5, 5.41) is 20.6. The van der Waals surface area contributed by atoms with Gasteiger partial charge in [-0.1, -0.05) is 18.7 Å². The normalized spacial score (nSPS) is 16.9. The first-order valence-corrected chi connectivity index (χ1v) is 9.90. The molecule has 9 heteroatoms. The largest absolute Gasteiger partial charge is 0.506 e. The van der Waals surface area contributed by atoms with Crippen LogP contribution in [0.5, 0.6) is 11.5 Å². The zero-order valence-electron chi connectivity index (χ0n) is 14.9. The van der Waals surface area contributed by atoms with Gasteiger partial charge in [0.25, 0.3) is 0 Å². The second kappa shape index (κ2) is 9.27. The molecule has 1 heterocycles. The first-order valence-electron chi connectivity index (χ1n) is 8.00. The van der Waals surface area contributed by atoms with Crippen LogP contribution in [0.25, 0.3) is 6.08 Å². The molecule has 7 nitrogen and oxygen atoms in total. The molecule has 27 heavy (non-hydrogen) atoms. The van der Waals surface area contributed by atoms with Gasteiger partial charge in [0.2, 0.25) is 5.91 Å². The van der Waals surface area contributed by atoms with Crippen molar-refractivity contribution in [2.45, 2.75) is 20.3 Å². The van der Waals surface area contributed by atoms with Gasteiger partial charge >= 0.3 is 5.97 Å². The van der Waals surface area contributed by atoms with Crippen molar-refractivity contribution in [1.82, 2.24) is 0 Å². The lowest BCUT2D eigenvalue weighted by Crippen LogP contribution is -2.14. The van der Waals surface area contributed by atoms with Crippen molar-refractivity contribution in [3.8, 4) is 11.5 Å². The Morgan fingerprint density at radius 2 is 2.00 bits per heavy atom. The van der Waals surface area contributed by atoms with E-state index in [1.165, 1.54) is 7.11 Å². The Morgan fingerprint density at radius 1 is 1.30 bits per heavy atom. The minimum absolute atomic E-state index is 0.0158. The molecule has 0 saturated heterocycles. The van der Waals surface area contributed by atoms with Crippen molar-refractivity contribution in [3.05, 3.63) is 37.5 Å². The Balaban J connectivity index is 2.53. The fourth-order valence-electron chi connectivity index (χ4n) is 2.17. The van der Waals surface area contributed by atoms with E-state index in [2.05, 4.69) is 4.99 Å². The van der Waals surface area contributed by atoms with E-state index >= 15 is 0 Å². The molecule has 2 N–H and O–H groups in total. The number of hydrogen-bond acceptors (Lipinski definition) is 7. The number of rotatable bonds is 5. The highest BCUT2D eigenvalue weighted by atomic mass is 127. The molecule has 0 saturated carbocycles. The molecule has 1 aromatic carbocycles. The molecule has 0 radical (unpaired) electrons. The monoisotopic (exact) mass is 503 g/mol. The molecular formula is C18H18INO6S. The number of carbonyl (C=O) groups excluding carboxylic acids is 2. The minimum atomic E-state index is -0.744. The number of aromatic hydroxyl groups is 1. The van der Waals surface area contributed by atoms with E-state index in [4.69, 9.17) is 9.47 Å². The van der Waals surface area contributed by atoms with Crippen LogP contribution in [0.1, 0.15) is 25.8 Å². The smallest absolute Gasteiger partial charge is 0.344 e. The van der Waals surface area contributed by atoms with Crippen LogP contribution >= 0.6 is 34.4 Å². The summed E-state index contributed by atoms with van der Waals surface area (Å²) in [5.41, 5.74) is 0.504. The van der Waals surface area contributed by atoms with Crippen molar-refractivity contribution >= 4 is 57.3 Å². The highest BCUT2D eigenvalue weighted by Gasteiger charge is 2.33. The number of hydrogen-bond donors (Lipinski definition) is 2. The number of nitrogens with zero attached hydrogens (tertiary/aromatic N) is 1. The quantitative estimate of drug-likeness (QED) is 0.465. The van der Waals surface area contributed by atoms with Gasteiger partial charge in [-0.3, -0.25) is 4.79 Å². The van der Waals surface area contributed by atoms with Crippen molar-refractivity contribution in [2.75, 3.05) is 13.7 Å². The molecule has 144 valence electrons. The molecule has 1 aromatic rings. The van der Waals surface area contributed by atoms with Gasteiger partial charge in [0.1, 0.15) is 16.4 Å². The molecular weight excluding hydrogens is 485 g/mol. The Kier molecular flexibility index (Phi) is 7.31. The van der Waals surface area contributed by atoms with E-state index < -0.39 is 11.9 Å². The van der Waals surface area contributed by atoms with Crippen LogP contribution in [0.15, 0.2) is 33.4 Å². The fourth-order valence-corrected chi connectivity index (χ4v) is 3.83. The summed E-state index contributed by atoms with van der Waals surface area (Å²) in [6, 6.07) is 3.28. The number of aliphatic imine (C=N–C) groups is 1. The molecule has 0 aliphatic carbocycles. The van der Waals surface area contributed by atoms with Crippen molar-refractivity contribution in [1.29, 1.82) is 0 Å². The first-order chi connectivity index (χ1) is 12.8. The highest BCUT2D eigenvalue weighted by molar-refractivity contribution is 14.1. The Labute approximate surface area is 174 Å². The number of methoxy groups -OCH3 is 1. The summed E-state index contributed by atoms with van der Waals surface area (Å²) < 4.78 is 10.7. The maximum Gasteiger partial charge on any atom is 0.344 e. The summed E-state index contributed by atoms with van der Waals surface area (Å²) in [7, 11) is 1.43. The number of aliphatic hydroxyl groups is 1. The summed E-state index contributed by atoms with van der Waals surface area (Å²) in [5.74, 6) is -1.16. The second-order valence-corrected chi connectivity index (χ2v) is 7.47. The van der Waals surface area contributed by atoms with E-state index in [1.54, 1.807) is 32.1 Å². The van der Waals surface area contributed by atoms with Crippen LogP contribution in [0.2, 0.25) is 0 Å². The first kappa shape index (κ1) is 21.3. The van der Waals surface area contributed by atoms with Crippen LogP contribution in [-0.4, -0.2) is 40.8 Å². The number of phenols is 1. The average molecular weight is 503 g/mol. The summed E-state index contributed by atoms with van der Waals surface area (Å²) in [4.78, 5) is 28.2. The lowest BCUT2D eigenvalue weighted by Gasteiger charge is -2.07. The Bertz CT molecular complexity index is 875. The second-order valence-electron chi connectivity index (χ2n) is 5.27. The molecule has 0 fully saturated rings. The van der Waals surface area contributed by atoms with Gasteiger partial charge in [-0.15, -0.1) is 0 Å². The highest BCUT2D eigenvalue weighted by Crippen LogP contribution is 2.40. The summed E-state index contributed by atoms with van der Waals surface area (Å²) in [6.07, 6.45) is 1.79. The van der Waals surface area contributed by atoms with Crippen LogP contribution in [0, 0.1) is 3.57 Å². The third kappa shape index (κ3) is 4.83. The molecule has 0 spiro atoms. The number of ether oxygens (including phenoxy) is 2. The lowest BCUT2D eigenvalue weighted by molar-refractivity contribution is -0.138. The molecule has 1 amide bonds. The zero-order chi connectivity index (χ0) is 20.1. The summed E-state index contributed by atoms with van der Waals surface area (Å²) in [6.45, 7) is 3.43. The molecule has 1 aliphatic heterocycles. The molecule has 0 aromatic heterocycles. The molecule has 0 bridgehead atoms. The Morgan fingerprint density at radius 3 is 2.59 bits per heavy atom. The number of phenolic OH excluding ortho intramolecular Hbond substituents is 1. The third-order valence-corrected chi connectivity index (χ3v) is 5.31. The number of esters is 1. The molecule has 1 aliphatic rings. The molecule has 0 unspecified atom stereocenters. The topological polar surface area (TPSA) is 105 Å². The number of thioether (sulfide) groups is 1. The minimum Gasteiger partial charge on any atom is -0.506 e. The number of benzene rings is 1. The van der Waals surface area contributed by atoms with E-state index in [-0.39, 0.29) is 40.9 Å². The van der Waals surface area contributed by atoms with E-state index in [0.717, 1.165) is 11.8 Å². The van der Waals surface area contributed by atoms with Gasteiger partial charge < -0.3 is 19.7 Å². The van der Waals surface area contributed by atoms with Gasteiger partial charge in [-0.2, -0.15) is 0 Å². The van der Waals surface area contributed by atoms with Crippen LogP contribution in [0.3, 0.4) is 0 Å². The van der Waals surface area contributed by atoms with E-state index in [0.29, 0.717) is 14.0 Å². The van der Waals surface area contributed by atoms with Gasteiger partial charge in [-0.05, 0) is 53.3 Å². The van der Waals surface area contributed by atoms with Crippen molar-refractivity contribution < 1.29 is 29.3 Å². The molecule has 2 rings (SSSR count). The van der Waals surface area contributed by atoms with Crippen LogP contribution in [0.4, 0.5) is 0 Å². The zero-order valence-corrected chi connectivity index (χ0v) is 17.9. The van der Waals surface area contributed by atoms with E-state index in [1.807, 2.05) is 22.6 Å². The molecule has 0 atom stereocenters. The Hall–Kier alpha value is -2.01. The lowest BCUT2D eigenvalue weighted by atomic mass is 10.1. The maximum absolute atomic E-state index is 12.2. The van der Waals surface area contributed by atoms with E-state index in [9.17, 15) is 19.8 Å². The van der Waals surface area contributed by atoms with Crippen LogP contribution < -0.4 is 4.74 Å². The third-order valence-electron chi connectivity index (χ3n) is 3.47. The van der Waals surface area contributed by atoms with Crippen LogP contribution in [-0.2, 0) is 14.3 Å².